The Morgan fingerprint density at radius 3 is 2.65 bits per heavy atom. The second-order valence-corrected chi connectivity index (χ2v) is 12.2. The molecule has 3 fully saturated rings. The van der Waals surface area contributed by atoms with Crippen molar-refractivity contribution in [2.45, 2.75) is 50.2 Å². The molecule has 3 atom stereocenters. The maximum Gasteiger partial charge on any atom is 0.319 e. The number of nitrogens with one attached hydrogen (secondary N) is 1. The molecule has 7 nitrogen and oxygen atoms in total. The Labute approximate surface area is 237 Å². The van der Waals surface area contributed by atoms with E-state index in [2.05, 4.69) is 34.1 Å². The number of phenols is 1. The van der Waals surface area contributed by atoms with Gasteiger partial charge in [-0.05, 0) is 80.7 Å². The zero-order valence-corrected chi connectivity index (χ0v) is 23.5. The number of likely N-dealkylation sites (tertiary alicyclic amines) is 1. The van der Waals surface area contributed by atoms with Gasteiger partial charge in [0.2, 0.25) is 0 Å². The zero-order valence-electron chi connectivity index (χ0n) is 22.8. The van der Waals surface area contributed by atoms with Crippen LogP contribution in [-0.2, 0) is 0 Å². The highest BCUT2D eigenvalue weighted by molar-refractivity contribution is 6.35. The summed E-state index contributed by atoms with van der Waals surface area (Å²) in [6, 6.07) is 13.5. The van der Waals surface area contributed by atoms with E-state index in [9.17, 15) is 5.11 Å². The van der Waals surface area contributed by atoms with Crippen molar-refractivity contribution in [1.29, 1.82) is 0 Å². The summed E-state index contributed by atoms with van der Waals surface area (Å²) in [6.07, 6.45) is 4.35. The maximum atomic E-state index is 16.7. The molecular weight excluding hydrogens is 529 g/mol. The first-order chi connectivity index (χ1) is 19.3. The number of fused-ring (bicyclic) bond motifs is 4. The molecule has 7 rings (SSSR count). The van der Waals surface area contributed by atoms with Gasteiger partial charge in [-0.25, -0.2) is 4.39 Å². The quantitative estimate of drug-likeness (QED) is 0.321. The van der Waals surface area contributed by atoms with E-state index >= 15 is 4.39 Å². The minimum Gasteiger partial charge on any atom is -0.508 e. The lowest BCUT2D eigenvalue weighted by atomic mass is 9.96. The van der Waals surface area contributed by atoms with Gasteiger partial charge < -0.3 is 20.1 Å². The summed E-state index contributed by atoms with van der Waals surface area (Å²) in [4.78, 5) is 14.0. The van der Waals surface area contributed by atoms with Crippen LogP contribution in [0.4, 0.5) is 10.2 Å². The van der Waals surface area contributed by atoms with Gasteiger partial charge in [-0.1, -0.05) is 35.9 Å². The number of likely N-dealkylation sites (N-methyl/N-ethyl adjacent to an activating group) is 1. The lowest BCUT2D eigenvalue weighted by Crippen LogP contribution is -2.51. The number of ether oxygens (including phenoxy) is 1. The molecule has 3 aliphatic rings. The van der Waals surface area contributed by atoms with Crippen molar-refractivity contribution in [3.05, 3.63) is 53.3 Å². The van der Waals surface area contributed by atoms with Crippen molar-refractivity contribution in [3.8, 4) is 22.9 Å². The molecule has 2 bridgehead atoms. The van der Waals surface area contributed by atoms with Gasteiger partial charge in [0.25, 0.3) is 0 Å². The Morgan fingerprint density at radius 2 is 1.90 bits per heavy atom. The minimum atomic E-state index is -0.547. The van der Waals surface area contributed by atoms with E-state index in [1.165, 1.54) is 0 Å². The van der Waals surface area contributed by atoms with Gasteiger partial charge >= 0.3 is 6.01 Å². The zero-order chi connectivity index (χ0) is 27.6. The molecule has 2 unspecified atom stereocenters. The average Bonchev–Trinajstić information content (AvgIpc) is 3.46. The van der Waals surface area contributed by atoms with Gasteiger partial charge in [-0.2, -0.15) is 9.97 Å². The van der Waals surface area contributed by atoms with Gasteiger partial charge in [-0.3, -0.25) is 4.90 Å². The van der Waals surface area contributed by atoms with Crippen LogP contribution in [0.3, 0.4) is 0 Å². The molecule has 4 aromatic rings. The smallest absolute Gasteiger partial charge is 0.319 e. The maximum absolute atomic E-state index is 16.7. The molecule has 9 heteroatoms. The summed E-state index contributed by atoms with van der Waals surface area (Å²) in [5.74, 6) is 0.146. The van der Waals surface area contributed by atoms with Gasteiger partial charge in [0.05, 0.1) is 10.6 Å². The molecule has 0 saturated carbocycles. The van der Waals surface area contributed by atoms with Crippen molar-refractivity contribution < 1.29 is 14.2 Å². The topological polar surface area (TPSA) is 73.8 Å². The molecule has 1 aromatic heterocycles. The van der Waals surface area contributed by atoms with Gasteiger partial charge in [-0.15, -0.1) is 0 Å². The van der Waals surface area contributed by atoms with Crippen molar-refractivity contribution in [1.82, 2.24) is 20.2 Å². The Bertz CT molecular complexity index is 1620. The molecule has 0 aliphatic carbocycles. The Balaban J connectivity index is 1.39. The fourth-order valence-corrected chi connectivity index (χ4v) is 7.04. The van der Waals surface area contributed by atoms with E-state index in [1.54, 1.807) is 18.2 Å². The first-order valence-electron chi connectivity index (χ1n) is 14.1. The van der Waals surface area contributed by atoms with E-state index in [-0.39, 0.29) is 33.4 Å². The molecule has 0 amide bonds. The second kappa shape index (κ2) is 9.72. The van der Waals surface area contributed by atoms with Crippen LogP contribution in [0.25, 0.3) is 32.8 Å². The van der Waals surface area contributed by atoms with Crippen molar-refractivity contribution in [3.63, 3.8) is 0 Å². The third kappa shape index (κ3) is 4.33. The first kappa shape index (κ1) is 25.7. The van der Waals surface area contributed by atoms with Gasteiger partial charge in [0, 0.05) is 36.1 Å². The van der Waals surface area contributed by atoms with Crippen molar-refractivity contribution in [2.75, 3.05) is 38.2 Å². The van der Waals surface area contributed by atoms with E-state index in [0.717, 1.165) is 56.1 Å². The predicted octanol–water partition coefficient (Wildman–Crippen LogP) is 5.75. The van der Waals surface area contributed by atoms with Crippen LogP contribution < -0.4 is 15.0 Å². The molecule has 2 N–H and O–H groups in total. The highest BCUT2D eigenvalue weighted by Crippen LogP contribution is 2.43. The number of hydrogen-bond donors (Lipinski definition) is 2. The fraction of sp³-hybridized carbons (Fsp3) is 0.419. The number of piperazine rings is 1. The van der Waals surface area contributed by atoms with Crippen LogP contribution in [0.1, 0.15) is 32.6 Å². The molecule has 0 spiro atoms. The average molecular weight is 562 g/mol. The van der Waals surface area contributed by atoms with Gasteiger partial charge in [0.1, 0.15) is 23.7 Å². The highest BCUT2D eigenvalue weighted by Gasteiger charge is 2.36. The van der Waals surface area contributed by atoms with E-state index in [4.69, 9.17) is 21.3 Å². The lowest BCUT2D eigenvalue weighted by molar-refractivity contribution is 0.108. The number of aromatic nitrogens is 2. The molecule has 3 aliphatic heterocycles. The Kier molecular flexibility index (Phi) is 6.25. The van der Waals surface area contributed by atoms with E-state index < -0.39 is 5.82 Å². The minimum absolute atomic E-state index is 0.0434. The van der Waals surface area contributed by atoms with E-state index in [1.807, 2.05) is 24.3 Å². The molecule has 0 radical (unpaired) electrons. The molecule has 208 valence electrons. The number of halogens is 2. The normalized spacial score (nSPS) is 24.9. The van der Waals surface area contributed by atoms with Crippen LogP contribution in [0.5, 0.6) is 11.8 Å². The summed E-state index contributed by atoms with van der Waals surface area (Å²) in [5, 5.41) is 16.5. The van der Waals surface area contributed by atoms with Crippen LogP contribution in [0.15, 0.2) is 42.5 Å². The Morgan fingerprint density at radius 1 is 1.12 bits per heavy atom. The highest BCUT2D eigenvalue weighted by atomic mass is 35.5. The van der Waals surface area contributed by atoms with Crippen LogP contribution in [0, 0.1) is 5.82 Å². The standard InChI is InChI=1S/C31H33ClFN5O2/c1-31(10-5-11-37(31)2)17-40-30-35-28-24(29(36-30)38-15-19-8-9-20(16-38)34-19)14-25(32)26(27(28)33)23-13-21(39)12-18-6-3-4-7-22(18)23/h3-4,6-7,12-14,19-20,34,39H,5,8-11,15-17H2,1-2H3/t19?,20?,31-/m0/s1. The van der Waals surface area contributed by atoms with E-state index in [0.29, 0.717) is 35.5 Å². The van der Waals surface area contributed by atoms with Gasteiger partial charge in [0.15, 0.2) is 5.82 Å². The molecule has 4 heterocycles. The second-order valence-electron chi connectivity index (χ2n) is 11.8. The largest absolute Gasteiger partial charge is 0.508 e. The molecular formula is C31H33ClFN5O2. The number of aromatic hydroxyl groups is 1. The number of phenolic OH excluding ortho intramolecular Hbond substituents is 1. The number of anilines is 1. The lowest BCUT2D eigenvalue weighted by Gasteiger charge is -2.35. The SMILES string of the molecule is CN1CCC[C@@]1(C)COc1nc(N2CC3CCC(C2)N3)c2cc(Cl)c(-c3cc(O)cc4ccccc34)c(F)c2n1. The number of hydrogen-bond acceptors (Lipinski definition) is 7. The summed E-state index contributed by atoms with van der Waals surface area (Å²) >= 11 is 6.85. The number of benzene rings is 3. The Hall–Kier alpha value is -3.20. The third-order valence-corrected chi connectivity index (χ3v) is 9.42. The fourth-order valence-electron chi connectivity index (χ4n) is 6.74. The van der Waals surface area contributed by atoms with Crippen LogP contribution >= 0.6 is 11.6 Å². The summed E-state index contributed by atoms with van der Waals surface area (Å²) in [5.41, 5.74) is 0.766. The van der Waals surface area contributed by atoms with Crippen LogP contribution in [0.2, 0.25) is 5.02 Å². The van der Waals surface area contributed by atoms with Crippen molar-refractivity contribution >= 4 is 39.1 Å². The first-order valence-corrected chi connectivity index (χ1v) is 14.4. The monoisotopic (exact) mass is 561 g/mol. The van der Waals surface area contributed by atoms with Crippen molar-refractivity contribution in [2.24, 2.45) is 0 Å². The summed E-state index contributed by atoms with van der Waals surface area (Å²) in [6.45, 7) is 5.17. The summed E-state index contributed by atoms with van der Waals surface area (Å²) < 4.78 is 22.9. The number of rotatable bonds is 5. The molecule has 3 aromatic carbocycles. The molecule has 3 saturated heterocycles. The van der Waals surface area contributed by atoms with Crippen LogP contribution in [-0.4, -0.2) is 70.9 Å². The number of nitrogens with zero attached hydrogens (tertiary/aromatic N) is 4. The predicted molar refractivity (Wildman–Crippen MR) is 157 cm³/mol. The molecule has 40 heavy (non-hydrogen) atoms. The third-order valence-electron chi connectivity index (χ3n) is 9.12. The summed E-state index contributed by atoms with van der Waals surface area (Å²) in [7, 11) is 2.10.